The fourth-order valence-corrected chi connectivity index (χ4v) is 5.60. The first-order valence-electron chi connectivity index (χ1n) is 15.4. The van der Waals surface area contributed by atoms with Crippen molar-refractivity contribution in [1.82, 2.24) is 21.3 Å². The molecule has 0 atom stereocenters. The molecule has 2 aliphatic heterocycles. The summed E-state index contributed by atoms with van der Waals surface area (Å²) in [5.41, 5.74) is 5.25. The summed E-state index contributed by atoms with van der Waals surface area (Å²) >= 11 is 0. The van der Waals surface area contributed by atoms with E-state index >= 15 is 0 Å². The van der Waals surface area contributed by atoms with E-state index in [2.05, 4.69) is 124 Å². The van der Waals surface area contributed by atoms with Crippen molar-refractivity contribution in [2.24, 2.45) is 20.0 Å². The Labute approximate surface area is 367 Å². The molecule has 0 aromatic carbocycles. The van der Waals surface area contributed by atoms with E-state index in [4.69, 9.17) is 0 Å². The largest absolute Gasteiger partial charge is 2.00 e. The Kier molecular flexibility index (Phi) is 56.6. The minimum absolute atomic E-state index is 0. The van der Waals surface area contributed by atoms with Crippen molar-refractivity contribution in [3.63, 3.8) is 0 Å². The molecule has 2 aliphatic rings. The molecule has 0 fully saturated rings. The number of nitrogens with one attached hydrogen (secondary N) is 4. The zero-order valence-corrected chi connectivity index (χ0v) is 40.7. The zero-order chi connectivity index (χ0) is 30.5. The van der Waals surface area contributed by atoms with Crippen molar-refractivity contribution in [3.05, 3.63) is 0 Å². The summed E-state index contributed by atoms with van der Waals surface area (Å²) in [7, 11) is 0. The molecule has 0 saturated carbocycles. The number of hydrogen-bond acceptors (Lipinski definition) is 8. The van der Waals surface area contributed by atoms with Gasteiger partial charge in [0.15, 0.2) is 0 Å². The molecule has 312 valence electrons. The normalized spacial score (nSPS) is 20.2. The number of aliphatic imine (C=N–C) groups is 4. The second kappa shape index (κ2) is 37.2. The van der Waals surface area contributed by atoms with E-state index < -0.39 is 0 Å². The van der Waals surface area contributed by atoms with Crippen LogP contribution in [0.25, 0.3) is 0 Å². The first-order valence-corrected chi connectivity index (χ1v) is 15.4. The average Bonchev–Trinajstić information content (AvgIpc) is 2.78. The third-order valence-electron chi connectivity index (χ3n) is 7.18. The fraction of sp³-hybridized carbons (Fsp3) is 0.875. The molecule has 12 nitrogen and oxygen atoms in total. The Bertz CT molecular complexity index is 785. The van der Waals surface area contributed by atoms with Gasteiger partial charge < -0.3 is 111 Å². The first kappa shape index (κ1) is 76.1. The van der Waals surface area contributed by atoms with Gasteiger partial charge >= 0.3 is 33.0 Å². The zero-order valence-electron chi connectivity index (χ0n) is 32.4. The summed E-state index contributed by atoms with van der Waals surface area (Å²) in [5.74, 6) is 0. The van der Waals surface area contributed by atoms with Crippen LogP contribution >= 0.6 is 0 Å². The molecule has 12 N–H and O–H groups in total. The quantitative estimate of drug-likeness (QED) is 0.174. The molecule has 2 rings (SSSR count). The Hall–Kier alpha value is 1.27. The van der Waals surface area contributed by atoms with Gasteiger partial charge in [-0.25, -0.2) is 0 Å². The number of nitrogens with zero attached hydrogens (tertiary/aromatic N) is 4. The van der Waals surface area contributed by atoms with Gasteiger partial charge in [0, 0.05) is 96.9 Å². The molecule has 0 saturated heterocycles. The molecule has 0 spiro atoms. The minimum atomic E-state index is 0. The predicted molar refractivity (Wildman–Crippen MR) is 193 cm³/mol. The monoisotopic (exact) mass is 1060 g/mol. The van der Waals surface area contributed by atoms with E-state index in [0.717, 1.165) is 78.0 Å². The van der Waals surface area contributed by atoms with E-state index in [9.17, 15) is 0 Å². The van der Waals surface area contributed by atoms with Gasteiger partial charge in [-0.1, -0.05) is 0 Å². The van der Waals surface area contributed by atoms with Gasteiger partial charge in [0.1, 0.15) is 0 Å². The van der Waals surface area contributed by atoms with Gasteiger partial charge in [-0.3, -0.25) is 20.0 Å². The van der Waals surface area contributed by atoms with Gasteiger partial charge in [0.2, 0.25) is 0 Å². The molecule has 0 aliphatic carbocycles. The molecule has 18 heteroatoms. The summed E-state index contributed by atoms with van der Waals surface area (Å²) in [6.45, 7) is 33.4. The fourth-order valence-electron chi connectivity index (χ4n) is 5.60. The standard InChI is InChI=1S/2C16H32N4.4BrH.2Ni.4H2O/c2*1-13-11-15(3,4)19-10-8-18-14(2)12-16(5,6)20-9-7-17-13;;;;;;;;;;/h2*19-20H,7-12H2,1-6H3;4*1H;;;4*1H2/q;;;;;;2*+2;;;;/p-4. The molecular weight excluding hydrogens is 997 g/mol. The average molecular weight is 1070 g/mol. The summed E-state index contributed by atoms with van der Waals surface area (Å²) in [6.07, 6.45) is 3.94. The van der Waals surface area contributed by atoms with Gasteiger partial charge in [0.05, 0.1) is 26.2 Å². The predicted octanol–water partition coefficient (Wildman–Crippen LogP) is -10.4. The van der Waals surface area contributed by atoms with Crippen molar-refractivity contribution < 1.29 is 123 Å². The maximum absolute atomic E-state index is 4.68. The van der Waals surface area contributed by atoms with Gasteiger partial charge in [-0.15, -0.1) is 0 Å². The Morgan fingerprint density at radius 3 is 0.640 bits per heavy atom. The first-order chi connectivity index (χ1) is 18.4. The van der Waals surface area contributed by atoms with Crippen molar-refractivity contribution in [2.75, 3.05) is 52.4 Å². The van der Waals surface area contributed by atoms with Gasteiger partial charge in [-0.05, 0) is 83.1 Å². The summed E-state index contributed by atoms with van der Waals surface area (Å²) in [5, 5.41) is 14.3. The molecular formula is C32H72Br4N8Ni2O4. The van der Waals surface area contributed by atoms with Crippen molar-refractivity contribution in [1.29, 1.82) is 0 Å². The maximum atomic E-state index is 4.68. The second-order valence-electron chi connectivity index (χ2n) is 14.4. The molecule has 50 heavy (non-hydrogen) atoms. The third-order valence-corrected chi connectivity index (χ3v) is 7.18. The van der Waals surface area contributed by atoms with E-state index in [1.54, 1.807) is 0 Å². The maximum Gasteiger partial charge on any atom is 2.00 e. The minimum Gasteiger partial charge on any atom is -1.00 e. The second-order valence-corrected chi connectivity index (χ2v) is 14.4. The van der Waals surface area contributed by atoms with Crippen LogP contribution < -0.4 is 89.2 Å². The van der Waals surface area contributed by atoms with Crippen LogP contribution in [0.4, 0.5) is 0 Å². The Balaban J connectivity index is -0.0000000667. The molecule has 2 heterocycles. The van der Waals surface area contributed by atoms with Crippen LogP contribution in [-0.2, 0) is 33.0 Å². The van der Waals surface area contributed by atoms with Gasteiger partial charge in [-0.2, -0.15) is 0 Å². The number of hydrogen-bond donors (Lipinski definition) is 4. The van der Waals surface area contributed by atoms with Crippen LogP contribution in [0.2, 0.25) is 0 Å². The van der Waals surface area contributed by atoms with Crippen LogP contribution in [0, 0.1) is 0 Å². The summed E-state index contributed by atoms with van der Waals surface area (Å²) < 4.78 is 0. The molecule has 0 unspecified atom stereocenters. The topological polar surface area (TPSA) is 224 Å². The Morgan fingerprint density at radius 2 is 0.500 bits per heavy atom. The van der Waals surface area contributed by atoms with Crippen molar-refractivity contribution in [3.8, 4) is 0 Å². The molecule has 0 aromatic rings. The van der Waals surface area contributed by atoms with Crippen LogP contribution in [0.5, 0.6) is 0 Å². The van der Waals surface area contributed by atoms with Crippen LogP contribution in [0.3, 0.4) is 0 Å². The summed E-state index contributed by atoms with van der Waals surface area (Å²) in [6, 6.07) is 0. The van der Waals surface area contributed by atoms with E-state index in [0.29, 0.717) is 0 Å². The van der Waals surface area contributed by atoms with E-state index in [1.807, 2.05) is 0 Å². The van der Waals surface area contributed by atoms with Crippen LogP contribution in [-0.4, -0.2) is 119 Å². The number of halogens is 4. The van der Waals surface area contributed by atoms with E-state index in [1.165, 1.54) is 22.8 Å². The van der Waals surface area contributed by atoms with Crippen LogP contribution in [0.15, 0.2) is 20.0 Å². The molecule has 0 radical (unpaired) electrons. The molecule has 0 bridgehead atoms. The molecule has 0 amide bonds. The SMILES string of the molecule is CC1=NCCNC(C)(C)CC(C)=NCCNC(C)(C)C1.CC1=NCCNC(C)(C)CC(C)=NCCNC(C)(C)C1.O.O.O.O.[Br-].[Br-].[Br-].[Br-].[Ni+2].[Ni+2]. The molecule has 0 aromatic heterocycles. The van der Waals surface area contributed by atoms with Crippen molar-refractivity contribution in [2.45, 2.75) is 131 Å². The smallest absolute Gasteiger partial charge is 1.00 e. The third kappa shape index (κ3) is 40.5. The van der Waals surface area contributed by atoms with Gasteiger partial charge in [0.25, 0.3) is 0 Å². The number of rotatable bonds is 0. The summed E-state index contributed by atoms with van der Waals surface area (Å²) in [4.78, 5) is 18.7. The Morgan fingerprint density at radius 1 is 0.360 bits per heavy atom. The van der Waals surface area contributed by atoms with Crippen LogP contribution in [0.1, 0.15) is 109 Å². The van der Waals surface area contributed by atoms with Crippen molar-refractivity contribution >= 4 is 22.8 Å². The van der Waals surface area contributed by atoms with E-state index in [-0.39, 0.29) is 145 Å².